The molecule has 3 heterocycles. The molecule has 2 fully saturated rings. The third kappa shape index (κ3) is 0.895. The lowest BCUT2D eigenvalue weighted by molar-refractivity contribution is 0.0662. The number of halogens is 1. The number of hydrogen-bond donors (Lipinski definition) is 0. The van der Waals surface area contributed by atoms with Gasteiger partial charge >= 0.3 is 0 Å². The Morgan fingerprint density at radius 2 is 2.62 bits per heavy atom. The van der Waals surface area contributed by atoms with Gasteiger partial charge in [0.1, 0.15) is 6.10 Å². The number of aromatic nitrogens is 2. The van der Waals surface area contributed by atoms with E-state index >= 15 is 0 Å². The van der Waals surface area contributed by atoms with Crippen LogP contribution < -0.4 is 0 Å². The van der Waals surface area contributed by atoms with Crippen molar-refractivity contribution in [2.45, 2.75) is 11.7 Å². The van der Waals surface area contributed by atoms with Gasteiger partial charge in [0.25, 0.3) is 0 Å². The van der Waals surface area contributed by atoms with Crippen molar-refractivity contribution in [2.75, 3.05) is 13.2 Å². The van der Waals surface area contributed by atoms with Crippen LogP contribution in [-0.2, 0) is 22.1 Å². The standard InChI is InChI=1S/C8H9BrN2O2/c1-11-7(5(9)2-10-11)8-4-12-3-6(8)13-8/h2,6H,3-4H2,1H3/t6-,8+/m1/s1. The van der Waals surface area contributed by atoms with E-state index in [9.17, 15) is 0 Å². The Hall–Kier alpha value is -0.390. The molecule has 3 rings (SSSR count). The molecule has 70 valence electrons. The first-order chi connectivity index (χ1) is 6.24. The molecule has 0 bridgehead atoms. The number of hydrogen-bond acceptors (Lipinski definition) is 3. The number of nitrogens with zero attached hydrogens (tertiary/aromatic N) is 2. The molecule has 0 amide bonds. The van der Waals surface area contributed by atoms with Gasteiger partial charge in [-0.15, -0.1) is 0 Å². The highest BCUT2D eigenvalue weighted by molar-refractivity contribution is 9.10. The number of rotatable bonds is 1. The predicted molar refractivity (Wildman–Crippen MR) is 48.3 cm³/mol. The van der Waals surface area contributed by atoms with Crippen LogP contribution in [0, 0.1) is 0 Å². The lowest BCUT2D eigenvalue weighted by atomic mass is 10.1. The monoisotopic (exact) mass is 244 g/mol. The SMILES string of the molecule is Cn1ncc(Br)c1[C@]12COC[C@H]1O2. The molecule has 5 heteroatoms. The van der Waals surface area contributed by atoms with Crippen LogP contribution in [0.5, 0.6) is 0 Å². The summed E-state index contributed by atoms with van der Waals surface area (Å²) in [6.07, 6.45) is 2.03. The molecule has 2 aliphatic rings. The highest BCUT2D eigenvalue weighted by atomic mass is 79.9. The van der Waals surface area contributed by atoms with Crippen molar-refractivity contribution in [3.63, 3.8) is 0 Å². The molecule has 0 saturated carbocycles. The van der Waals surface area contributed by atoms with E-state index < -0.39 is 0 Å². The fourth-order valence-electron chi connectivity index (χ4n) is 2.00. The average molecular weight is 245 g/mol. The largest absolute Gasteiger partial charge is 0.375 e. The second-order valence-corrected chi connectivity index (χ2v) is 4.33. The van der Waals surface area contributed by atoms with Crippen molar-refractivity contribution >= 4 is 15.9 Å². The Balaban J connectivity index is 2.09. The molecular formula is C8H9BrN2O2. The van der Waals surface area contributed by atoms with E-state index in [1.807, 2.05) is 11.7 Å². The van der Waals surface area contributed by atoms with E-state index in [1.54, 1.807) is 6.20 Å². The van der Waals surface area contributed by atoms with Crippen LogP contribution in [0.15, 0.2) is 10.7 Å². The molecule has 13 heavy (non-hydrogen) atoms. The lowest BCUT2D eigenvalue weighted by Gasteiger charge is -2.08. The van der Waals surface area contributed by atoms with Gasteiger partial charge in [0, 0.05) is 7.05 Å². The van der Waals surface area contributed by atoms with Crippen molar-refractivity contribution in [3.8, 4) is 0 Å². The first-order valence-corrected chi connectivity index (χ1v) is 4.97. The Morgan fingerprint density at radius 3 is 3.08 bits per heavy atom. The van der Waals surface area contributed by atoms with Crippen LogP contribution in [0.4, 0.5) is 0 Å². The molecule has 0 aromatic carbocycles. The molecule has 2 saturated heterocycles. The number of ether oxygens (including phenoxy) is 2. The normalized spacial score (nSPS) is 36.3. The highest BCUT2D eigenvalue weighted by Crippen LogP contribution is 2.52. The molecule has 2 atom stereocenters. The van der Waals surface area contributed by atoms with Crippen molar-refractivity contribution in [2.24, 2.45) is 7.05 Å². The fourth-order valence-corrected chi connectivity index (χ4v) is 2.68. The summed E-state index contributed by atoms with van der Waals surface area (Å²) in [5.41, 5.74) is 0.888. The predicted octanol–water partition coefficient (Wildman–Crippen LogP) is 0.807. The van der Waals surface area contributed by atoms with Crippen molar-refractivity contribution in [3.05, 3.63) is 16.4 Å². The van der Waals surface area contributed by atoms with Crippen LogP contribution in [0.2, 0.25) is 0 Å². The molecule has 0 spiro atoms. The van der Waals surface area contributed by atoms with E-state index in [0.29, 0.717) is 13.2 Å². The Morgan fingerprint density at radius 1 is 1.77 bits per heavy atom. The van der Waals surface area contributed by atoms with E-state index in [-0.39, 0.29) is 11.7 Å². The Labute approximate surface area is 83.9 Å². The third-order valence-corrected chi connectivity index (χ3v) is 3.28. The van der Waals surface area contributed by atoms with Crippen LogP contribution in [0.25, 0.3) is 0 Å². The summed E-state index contributed by atoms with van der Waals surface area (Å²) in [6, 6.07) is 0. The van der Waals surface area contributed by atoms with Gasteiger partial charge in [-0.05, 0) is 15.9 Å². The number of aryl methyl sites for hydroxylation is 1. The summed E-state index contributed by atoms with van der Waals surface area (Å²) in [5, 5.41) is 4.17. The molecule has 0 N–H and O–H groups in total. The Bertz CT molecular complexity index is 346. The van der Waals surface area contributed by atoms with Gasteiger partial charge in [0.05, 0.1) is 29.6 Å². The Kier molecular flexibility index (Phi) is 1.44. The van der Waals surface area contributed by atoms with Crippen LogP contribution >= 0.6 is 15.9 Å². The van der Waals surface area contributed by atoms with Gasteiger partial charge in [-0.2, -0.15) is 5.10 Å². The highest BCUT2D eigenvalue weighted by Gasteiger charge is 2.64. The second kappa shape index (κ2) is 2.34. The quantitative estimate of drug-likeness (QED) is 0.687. The van der Waals surface area contributed by atoms with Gasteiger partial charge in [0.2, 0.25) is 0 Å². The molecule has 0 unspecified atom stereocenters. The number of fused-ring (bicyclic) bond motifs is 1. The minimum atomic E-state index is -0.204. The van der Waals surface area contributed by atoms with Gasteiger partial charge in [0.15, 0.2) is 5.60 Å². The fraction of sp³-hybridized carbons (Fsp3) is 0.625. The zero-order chi connectivity index (χ0) is 9.05. The molecular weight excluding hydrogens is 236 g/mol. The van der Waals surface area contributed by atoms with Gasteiger partial charge in [-0.1, -0.05) is 0 Å². The van der Waals surface area contributed by atoms with Crippen molar-refractivity contribution < 1.29 is 9.47 Å². The molecule has 2 aliphatic heterocycles. The van der Waals surface area contributed by atoms with Crippen molar-refractivity contribution in [1.82, 2.24) is 9.78 Å². The van der Waals surface area contributed by atoms with E-state index in [0.717, 1.165) is 10.2 Å². The molecule has 1 aromatic heterocycles. The van der Waals surface area contributed by atoms with E-state index in [1.165, 1.54) is 0 Å². The third-order valence-electron chi connectivity index (χ3n) is 2.70. The smallest absolute Gasteiger partial charge is 0.163 e. The lowest BCUT2D eigenvalue weighted by Crippen LogP contribution is -2.18. The van der Waals surface area contributed by atoms with E-state index in [2.05, 4.69) is 21.0 Å². The summed E-state index contributed by atoms with van der Waals surface area (Å²) in [5.74, 6) is 0. The first kappa shape index (κ1) is 7.96. The van der Waals surface area contributed by atoms with Crippen LogP contribution in [0.1, 0.15) is 5.69 Å². The maximum atomic E-state index is 5.63. The minimum Gasteiger partial charge on any atom is -0.375 e. The summed E-state index contributed by atoms with van der Waals surface area (Å²) < 4.78 is 13.8. The summed E-state index contributed by atoms with van der Waals surface area (Å²) >= 11 is 3.47. The van der Waals surface area contributed by atoms with Gasteiger partial charge in [-0.25, -0.2) is 0 Å². The zero-order valence-electron chi connectivity index (χ0n) is 7.16. The molecule has 4 nitrogen and oxygen atoms in total. The zero-order valence-corrected chi connectivity index (χ0v) is 8.74. The number of epoxide rings is 1. The molecule has 0 radical (unpaired) electrons. The van der Waals surface area contributed by atoms with Gasteiger partial charge in [-0.3, -0.25) is 4.68 Å². The second-order valence-electron chi connectivity index (χ2n) is 3.48. The average Bonchev–Trinajstić information content (AvgIpc) is 2.48. The minimum absolute atomic E-state index is 0.204. The summed E-state index contributed by atoms with van der Waals surface area (Å²) in [7, 11) is 1.92. The van der Waals surface area contributed by atoms with Crippen LogP contribution in [0.3, 0.4) is 0 Å². The molecule has 0 aliphatic carbocycles. The first-order valence-electron chi connectivity index (χ1n) is 4.17. The van der Waals surface area contributed by atoms with E-state index in [4.69, 9.17) is 9.47 Å². The summed E-state index contributed by atoms with van der Waals surface area (Å²) in [6.45, 7) is 1.35. The van der Waals surface area contributed by atoms with Crippen molar-refractivity contribution in [1.29, 1.82) is 0 Å². The van der Waals surface area contributed by atoms with Gasteiger partial charge < -0.3 is 9.47 Å². The topological polar surface area (TPSA) is 39.6 Å². The molecule has 1 aromatic rings. The summed E-state index contributed by atoms with van der Waals surface area (Å²) in [4.78, 5) is 0. The van der Waals surface area contributed by atoms with Crippen LogP contribution in [-0.4, -0.2) is 29.1 Å². The maximum absolute atomic E-state index is 5.63. The maximum Gasteiger partial charge on any atom is 0.163 e.